The van der Waals surface area contributed by atoms with Crippen LogP contribution in [0.5, 0.6) is 0 Å². The first-order valence-electron chi connectivity index (χ1n) is 11.9. The summed E-state index contributed by atoms with van der Waals surface area (Å²) in [6.45, 7) is 11.6. The first-order valence-corrected chi connectivity index (χ1v) is 11.9. The smallest absolute Gasteiger partial charge is 0.278 e. The number of hydrogen-bond acceptors (Lipinski definition) is 6. The zero-order chi connectivity index (χ0) is 24.9. The number of anilines is 2. The van der Waals surface area contributed by atoms with Crippen molar-refractivity contribution in [3.8, 4) is 5.82 Å². The van der Waals surface area contributed by atoms with Gasteiger partial charge in [0.1, 0.15) is 11.2 Å². The number of nitrogens with zero attached hydrogens (tertiary/aromatic N) is 5. The van der Waals surface area contributed by atoms with Gasteiger partial charge in [0.25, 0.3) is 5.56 Å². The number of benzene rings is 1. The molecule has 2 N–H and O–H groups in total. The Labute approximate surface area is 203 Å². The van der Waals surface area contributed by atoms with Gasteiger partial charge in [-0.25, -0.2) is 23.7 Å². The average Bonchev–Trinajstić information content (AvgIpc) is 3.10. The minimum absolute atomic E-state index is 0.129. The zero-order valence-corrected chi connectivity index (χ0v) is 20.7. The van der Waals surface area contributed by atoms with Crippen LogP contribution in [0.25, 0.3) is 16.9 Å². The minimum Gasteiger partial charge on any atom is -0.324 e. The number of halogens is 1. The third-order valence-corrected chi connectivity index (χ3v) is 6.24. The molecule has 0 amide bonds. The van der Waals surface area contributed by atoms with Gasteiger partial charge in [0.15, 0.2) is 11.5 Å². The maximum Gasteiger partial charge on any atom is 0.278 e. The van der Waals surface area contributed by atoms with Crippen LogP contribution in [0.3, 0.4) is 0 Å². The number of rotatable bonds is 4. The quantitative estimate of drug-likeness (QED) is 0.455. The van der Waals surface area contributed by atoms with E-state index in [-0.39, 0.29) is 28.8 Å². The summed E-state index contributed by atoms with van der Waals surface area (Å²) in [5.41, 5.74) is 3.24. The molecule has 0 atom stereocenters. The number of fused-ring (bicyclic) bond motifs is 2. The van der Waals surface area contributed by atoms with Crippen molar-refractivity contribution in [2.45, 2.75) is 59.0 Å². The molecule has 0 radical (unpaired) electrons. The topological polar surface area (TPSA) is 89.7 Å². The lowest BCUT2D eigenvalue weighted by Gasteiger charge is -2.20. The van der Waals surface area contributed by atoms with Gasteiger partial charge in [-0.3, -0.25) is 4.79 Å². The average molecular weight is 476 g/mol. The zero-order valence-electron chi connectivity index (χ0n) is 20.7. The van der Waals surface area contributed by atoms with Gasteiger partial charge in [-0.15, -0.1) is 0 Å². The Hall–Kier alpha value is -3.59. The van der Waals surface area contributed by atoms with E-state index in [9.17, 15) is 9.18 Å². The van der Waals surface area contributed by atoms with Gasteiger partial charge in [0, 0.05) is 35.6 Å². The van der Waals surface area contributed by atoms with E-state index < -0.39 is 0 Å². The molecule has 9 heteroatoms. The maximum atomic E-state index is 14.7. The Morgan fingerprint density at radius 3 is 2.71 bits per heavy atom. The number of hydrogen-bond donors (Lipinski definition) is 2. The van der Waals surface area contributed by atoms with Crippen molar-refractivity contribution in [3.63, 3.8) is 0 Å². The third kappa shape index (κ3) is 4.20. The van der Waals surface area contributed by atoms with Gasteiger partial charge < -0.3 is 10.6 Å². The number of pyridine rings is 1. The predicted octanol–water partition coefficient (Wildman–Crippen LogP) is 4.38. The third-order valence-electron chi connectivity index (χ3n) is 6.24. The minimum atomic E-state index is -0.237. The highest BCUT2D eigenvalue weighted by molar-refractivity contribution is 5.77. The SMILES string of the molecule is CC(C)n1c(=O)c2cnc(Nc3cc(F)c4c(c3)CNCC4)nc2n1-c1cccc(C(C)(C)C)n1. The molecule has 0 bridgehead atoms. The van der Waals surface area contributed by atoms with Crippen LogP contribution in [-0.2, 0) is 18.4 Å². The van der Waals surface area contributed by atoms with Crippen LogP contribution >= 0.6 is 0 Å². The summed E-state index contributed by atoms with van der Waals surface area (Å²) in [4.78, 5) is 27.2. The molecule has 182 valence electrons. The molecule has 3 aromatic heterocycles. The molecule has 0 saturated carbocycles. The second-order valence-electron chi connectivity index (χ2n) is 10.3. The molecule has 0 saturated heterocycles. The molecular weight excluding hydrogens is 445 g/mol. The van der Waals surface area contributed by atoms with Crippen LogP contribution in [0.15, 0.2) is 41.3 Å². The molecule has 1 aliphatic heterocycles. The van der Waals surface area contributed by atoms with E-state index in [0.717, 1.165) is 23.4 Å². The summed E-state index contributed by atoms with van der Waals surface area (Å²) < 4.78 is 18.1. The molecule has 35 heavy (non-hydrogen) atoms. The van der Waals surface area contributed by atoms with Crippen LogP contribution in [0.4, 0.5) is 16.0 Å². The van der Waals surface area contributed by atoms with E-state index in [4.69, 9.17) is 4.98 Å². The second-order valence-corrected chi connectivity index (χ2v) is 10.3. The first-order chi connectivity index (χ1) is 16.6. The van der Waals surface area contributed by atoms with Crippen LogP contribution in [0.1, 0.15) is 57.5 Å². The van der Waals surface area contributed by atoms with Crippen molar-refractivity contribution < 1.29 is 4.39 Å². The van der Waals surface area contributed by atoms with E-state index in [0.29, 0.717) is 35.5 Å². The van der Waals surface area contributed by atoms with Crippen molar-refractivity contribution in [1.82, 2.24) is 29.6 Å². The summed E-state index contributed by atoms with van der Waals surface area (Å²) in [6.07, 6.45) is 2.19. The van der Waals surface area contributed by atoms with E-state index in [1.165, 1.54) is 12.3 Å². The Kier molecular flexibility index (Phi) is 5.67. The Morgan fingerprint density at radius 1 is 1.17 bits per heavy atom. The molecule has 4 heterocycles. The molecule has 8 nitrogen and oxygen atoms in total. The summed E-state index contributed by atoms with van der Waals surface area (Å²) in [7, 11) is 0. The molecule has 0 fully saturated rings. The van der Waals surface area contributed by atoms with Gasteiger partial charge in [0.05, 0.1) is 0 Å². The van der Waals surface area contributed by atoms with Crippen LogP contribution < -0.4 is 16.2 Å². The van der Waals surface area contributed by atoms with Crippen LogP contribution in [-0.4, -0.2) is 30.9 Å². The van der Waals surface area contributed by atoms with Gasteiger partial charge >= 0.3 is 0 Å². The van der Waals surface area contributed by atoms with Gasteiger partial charge in [-0.05, 0) is 62.2 Å². The Morgan fingerprint density at radius 2 is 1.97 bits per heavy atom. The van der Waals surface area contributed by atoms with Crippen molar-refractivity contribution in [3.05, 3.63) is 69.5 Å². The molecular formula is C26H30FN7O. The summed E-state index contributed by atoms with van der Waals surface area (Å²) in [5, 5.41) is 6.79. The monoisotopic (exact) mass is 475 g/mol. The van der Waals surface area contributed by atoms with Crippen molar-refractivity contribution >= 4 is 22.7 Å². The summed E-state index contributed by atoms with van der Waals surface area (Å²) >= 11 is 0. The standard InChI is InChI=1S/C26H30FN7O/c1-15(2)33-24(35)19-14-29-25(30-17-11-16-13-28-10-9-18(16)20(27)12-17)32-23(19)34(33)22-8-6-7-21(31-22)26(3,4)5/h6-8,11-12,14-15,28H,9-10,13H2,1-5H3,(H,29,30,32). The van der Waals surface area contributed by atoms with E-state index in [2.05, 4.69) is 41.4 Å². The van der Waals surface area contributed by atoms with Crippen LogP contribution in [0.2, 0.25) is 0 Å². The van der Waals surface area contributed by atoms with Gasteiger partial charge in [-0.2, -0.15) is 4.98 Å². The van der Waals surface area contributed by atoms with E-state index in [1.807, 2.05) is 38.1 Å². The largest absolute Gasteiger partial charge is 0.324 e. The van der Waals surface area contributed by atoms with Crippen molar-refractivity contribution in [1.29, 1.82) is 0 Å². The second kappa shape index (κ2) is 8.57. The van der Waals surface area contributed by atoms with Gasteiger partial charge in [0.2, 0.25) is 5.95 Å². The molecule has 1 aromatic carbocycles. The molecule has 0 aliphatic carbocycles. The lowest BCUT2D eigenvalue weighted by molar-refractivity contribution is 0.469. The normalized spacial score (nSPS) is 13.9. The fourth-order valence-corrected chi connectivity index (χ4v) is 4.47. The molecule has 0 unspecified atom stereocenters. The fraction of sp³-hybridized carbons (Fsp3) is 0.385. The Bertz CT molecular complexity index is 1480. The van der Waals surface area contributed by atoms with Gasteiger partial charge in [-0.1, -0.05) is 26.8 Å². The summed E-state index contributed by atoms with van der Waals surface area (Å²) in [6, 6.07) is 9.05. The molecule has 1 aliphatic rings. The highest BCUT2D eigenvalue weighted by atomic mass is 19.1. The number of aromatic nitrogens is 5. The Balaban J connectivity index is 1.64. The molecule has 0 spiro atoms. The fourth-order valence-electron chi connectivity index (χ4n) is 4.47. The first kappa shape index (κ1) is 23.2. The lowest BCUT2D eigenvalue weighted by atomic mass is 9.92. The predicted molar refractivity (Wildman–Crippen MR) is 135 cm³/mol. The highest BCUT2D eigenvalue weighted by Gasteiger charge is 2.22. The molecule has 5 rings (SSSR count). The summed E-state index contributed by atoms with van der Waals surface area (Å²) in [5.74, 6) is 0.648. The lowest BCUT2D eigenvalue weighted by Crippen LogP contribution is -2.25. The van der Waals surface area contributed by atoms with Crippen molar-refractivity contribution in [2.24, 2.45) is 0 Å². The molecule has 4 aromatic rings. The highest BCUT2D eigenvalue weighted by Crippen LogP contribution is 2.26. The van der Waals surface area contributed by atoms with E-state index >= 15 is 0 Å². The maximum absolute atomic E-state index is 14.7. The van der Waals surface area contributed by atoms with E-state index in [1.54, 1.807) is 9.36 Å². The van der Waals surface area contributed by atoms with Crippen LogP contribution in [0, 0.1) is 5.82 Å². The number of nitrogens with one attached hydrogen (secondary N) is 2. The van der Waals surface area contributed by atoms with Crippen molar-refractivity contribution in [2.75, 3.05) is 11.9 Å².